The van der Waals surface area contributed by atoms with Gasteiger partial charge < -0.3 is 11.1 Å². The van der Waals surface area contributed by atoms with Crippen LogP contribution in [0.3, 0.4) is 0 Å². The molecule has 4 nitrogen and oxygen atoms in total. The molecule has 2 rings (SSSR count). The van der Waals surface area contributed by atoms with Gasteiger partial charge in [-0.1, -0.05) is 0 Å². The maximum atomic E-state index is 12.0. The Balaban J connectivity index is 2.23. The first-order chi connectivity index (χ1) is 8.61. The Morgan fingerprint density at radius 3 is 2.89 bits per heavy atom. The van der Waals surface area contributed by atoms with Crippen molar-refractivity contribution in [2.45, 2.75) is 0 Å². The van der Waals surface area contributed by atoms with Crippen LogP contribution in [0.4, 0.5) is 10.7 Å². The van der Waals surface area contributed by atoms with E-state index >= 15 is 0 Å². The molecule has 0 aliphatic heterocycles. The molecule has 0 radical (unpaired) electrons. The van der Waals surface area contributed by atoms with Crippen molar-refractivity contribution < 1.29 is 4.79 Å². The summed E-state index contributed by atoms with van der Waals surface area (Å²) in [5, 5.41) is 13.8. The molecule has 1 amide bonds. The lowest BCUT2D eigenvalue weighted by Crippen LogP contribution is -2.12. The predicted molar refractivity (Wildman–Crippen MR) is 75.5 cm³/mol. The van der Waals surface area contributed by atoms with Gasteiger partial charge in [-0.25, -0.2) is 0 Å². The third-order valence-electron chi connectivity index (χ3n) is 2.27. The molecule has 0 unspecified atom stereocenters. The Morgan fingerprint density at radius 2 is 2.22 bits per heavy atom. The van der Waals surface area contributed by atoms with Crippen LogP contribution in [0, 0.1) is 11.3 Å². The first-order valence-electron chi connectivity index (χ1n) is 4.96. The Hall–Kier alpha value is -1.84. The van der Waals surface area contributed by atoms with E-state index in [1.54, 1.807) is 29.6 Å². The molecule has 0 spiro atoms. The molecular weight excluding hydrogens is 314 g/mol. The lowest BCUT2D eigenvalue weighted by Gasteiger charge is -2.05. The second-order valence-corrected chi connectivity index (χ2v) is 5.24. The van der Waals surface area contributed by atoms with Gasteiger partial charge in [0.2, 0.25) is 0 Å². The number of hydrogen-bond donors (Lipinski definition) is 2. The number of amides is 1. The molecule has 1 heterocycles. The average Bonchev–Trinajstić information content (AvgIpc) is 2.79. The van der Waals surface area contributed by atoms with Gasteiger partial charge in [0.05, 0.1) is 5.56 Å². The summed E-state index contributed by atoms with van der Waals surface area (Å²) >= 11 is 4.57. The van der Waals surface area contributed by atoms with E-state index in [9.17, 15) is 4.79 Å². The largest absolute Gasteiger partial charge is 0.398 e. The van der Waals surface area contributed by atoms with Crippen molar-refractivity contribution in [3.63, 3.8) is 0 Å². The maximum absolute atomic E-state index is 12.0. The fourth-order valence-electron chi connectivity index (χ4n) is 1.35. The minimum Gasteiger partial charge on any atom is -0.398 e. The summed E-state index contributed by atoms with van der Waals surface area (Å²) < 4.78 is 0.743. The zero-order valence-electron chi connectivity index (χ0n) is 9.11. The van der Waals surface area contributed by atoms with Crippen molar-refractivity contribution in [2.24, 2.45) is 0 Å². The summed E-state index contributed by atoms with van der Waals surface area (Å²) in [5.41, 5.74) is 7.11. The van der Waals surface area contributed by atoms with E-state index in [2.05, 4.69) is 21.2 Å². The molecule has 1 aromatic heterocycles. The molecule has 0 aliphatic rings. The zero-order valence-corrected chi connectivity index (χ0v) is 11.5. The van der Waals surface area contributed by atoms with Gasteiger partial charge in [-0.2, -0.15) is 5.26 Å². The third-order valence-corrected chi connectivity index (χ3v) is 3.82. The quantitative estimate of drug-likeness (QED) is 0.833. The molecule has 2 aromatic rings. The smallest absolute Gasteiger partial charge is 0.256 e. The van der Waals surface area contributed by atoms with Gasteiger partial charge in [-0.3, -0.25) is 4.79 Å². The first-order valence-corrected chi connectivity index (χ1v) is 6.63. The van der Waals surface area contributed by atoms with Gasteiger partial charge in [0.15, 0.2) is 0 Å². The number of nitrogens with one attached hydrogen (secondary N) is 1. The first kappa shape index (κ1) is 12.6. The summed E-state index contributed by atoms with van der Waals surface area (Å²) in [6.45, 7) is 0. The normalized spacial score (nSPS) is 9.78. The molecule has 0 atom stereocenters. The molecule has 6 heteroatoms. The van der Waals surface area contributed by atoms with E-state index in [-0.39, 0.29) is 5.91 Å². The van der Waals surface area contributed by atoms with Crippen molar-refractivity contribution in [3.05, 3.63) is 45.2 Å². The lowest BCUT2D eigenvalue weighted by molar-refractivity contribution is 0.102. The number of nitriles is 1. The SMILES string of the molecule is N#Cc1ccsc1NC(=O)c1ccc(Br)c(N)c1. The highest BCUT2D eigenvalue weighted by Gasteiger charge is 2.11. The number of thiophene rings is 1. The van der Waals surface area contributed by atoms with Crippen LogP contribution in [0.25, 0.3) is 0 Å². The van der Waals surface area contributed by atoms with Crippen molar-refractivity contribution in [1.29, 1.82) is 5.26 Å². The van der Waals surface area contributed by atoms with E-state index in [0.29, 0.717) is 21.8 Å². The van der Waals surface area contributed by atoms with E-state index < -0.39 is 0 Å². The lowest BCUT2D eigenvalue weighted by atomic mass is 10.2. The van der Waals surface area contributed by atoms with Crippen LogP contribution in [0.5, 0.6) is 0 Å². The number of hydrogen-bond acceptors (Lipinski definition) is 4. The summed E-state index contributed by atoms with van der Waals surface area (Å²) in [6.07, 6.45) is 0. The molecular formula is C12H8BrN3OS. The summed E-state index contributed by atoms with van der Waals surface area (Å²) in [7, 11) is 0. The third kappa shape index (κ3) is 2.53. The Bertz CT molecular complexity index is 645. The number of carbonyl (C=O) groups is 1. The fourth-order valence-corrected chi connectivity index (χ4v) is 2.33. The van der Waals surface area contributed by atoms with Crippen molar-refractivity contribution in [2.75, 3.05) is 11.1 Å². The maximum Gasteiger partial charge on any atom is 0.256 e. The van der Waals surface area contributed by atoms with Gasteiger partial charge in [0.1, 0.15) is 11.1 Å². The van der Waals surface area contributed by atoms with Gasteiger partial charge in [0, 0.05) is 15.7 Å². The number of benzene rings is 1. The van der Waals surface area contributed by atoms with Crippen LogP contribution < -0.4 is 11.1 Å². The summed E-state index contributed by atoms with van der Waals surface area (Å²) in [5.74, 6) is -0.284. The molecule has 18 heavy (non-hydrogen) atoms. The predicted octanol–water partition coefficient (Wildman–Crippen LogP) is 3.22. The van der Waals surface area contributed by atoms with E-state index in [4.69, 9.17) is 11.0 Å². The summed E-state index contributed by atoms with van der Waals surface area (Å²) in [4.78, 5) is 12.0. The number of nitrogens with zero attached hydrogens (tertiary/aromatic N) is 1. The number of carbonyl (C=O) groups excluding carboxylic acids is 1. The molecule has 90 valence electrons. The molecule has 0 aliphatic carbocycles. The van der Waals surface area contributed by atoms with Crippen molar-refractivity contribution in [1.82, 2.24) is 0 Å². The zero-order chi connectivity index (χ0) is 13.1. The highest BCUT2D eigenvalue weighted by molar-refractivity contribution is 9.10. The van der Waals surface area contributed by atoms with Gasteiger partial charge in [-0.15, -0.1) is 11.3 Å². The topological polar surface area (TPSA) is 78.9 Å². The second-order valence-electron chi connectivity index (χ2n) is 3.47. The molecule has 0 fully saturated rings. The average molecular weight is 322 g/mol. The monoisotopic (exact) mass is 321 g/mol. The minimum absolute atomic E-state index is 0.284. The van der Waals surface area contributed by atoms with Gasteiger partial charge in [0.25, 0.3) is 5.91 Å². The van der Waals surface area contributed by atoms with Crippen LogP contribution in [-0.4, -0.2) is 5.91 Å². The Morgan fingerprint density at radius 1 is 1.44 bits per heavy atom. The number of halogens is 1. The second kappa shape index (κ2) is 5.21. The summed E-state index contributed by atoms with van der Waals surface area (Å²) in [6, 6.07) is 8.64. The number of anilines is 2. The van der Waals surface area contributed by atoms with Crippen LogP contribution in [-0.2, 0) is 0 Å². The molecule has 0 saturated carbocycles. The highest BCUT2D eigenvalue weighted by atomic mass is 79.9. The van der Waals surface area contributed by atoms with E-state index in [0.717, 1.165) is 4.47 Å². The van der Waals surface area contributed by atoms with Crippen molar-refractivity contribution in [3.8, 4) is 6.07 Å². The molecule has 3 N–H and O–H groups in total. The number of nitrogen functional groups attached to an aromatic ring is 1. The van der Waals surface area contributed by atoms with Crippen molar-refractivity contribution >= 4 is 43.9 Å². The fraction of sp³-hybridized carbons (Fsp3) is 0. The molecule has 1 aromatic carbocycles. The van der Waals surface area contributed by atoms with Gasteiger partial charge >= 0.3 is 0 Å². The van der Waals surface area contributed by atoms with Crippen LogP contribution in [0.15, 0.2) is 34.1 Å². The number of rotatable bonds is 2. The molecule has 0 saturated heterocycles. The highest BCUT2D eigenvalue weighted by Crippen LogP contribution is 2.24. The van der Waals surface area contributed by atoms with Crippen LogP contribution >= 0.6 is 27.3 Å². The van der Waals surface area contributed by atoms with E-state index in [1.165, 1.54) is 11.3 Å². The standard InChI is InChI=1S/C12H8BrN3OS/c13-9-2-1-7(5-10(9)15)11(17)16-12-8(6-14)3-4-18-12/h1-5H,15H2,(H,16,17). The minimum atomic E-state index is -0.284. The van der Waals surface area contributed by atoms with Crippen LogP contribution in [0.1, 0.15) is 15.9 Å². The number of nitrogens with two attached hydrogens (primary N) is 1. The Labute approximate surface area is 116 Å². The molecule has 0 bridgehead atoms. The van der Waals surface area contributed by atoms with Crippen LogP contribution in [0.2, 0.25) is 0 Å². The van der Waals surface area contributed by atoms with Gasteiger partial charge in [-0.05, 0) is 45.6 Å². The van der Waals surface area contributed by atoms with E-state index in [1.807, 2.05) is 6.07 Å². The Kier molecular flexibility index (Phi) is 3.65.